The molecular formula is C13H10ClN3O3. The molecule has 20 heavy (non-hydrogen) atoms. The number of pyridine rings is 1. The van der Waals surface area contributed by atoms with E-state index in [2.05, 4.69) is 10.3 Å². The number of hydrogen-bond donors (Lipinski definition) is 1. The first kappa shape index (κ1) is 14.0. The van der Waals surface area contributed by atoms with Crippen molar-refractivity contribution in [3.05, 3.63) is 63.4 Å². The molecule has 0 aliphatic heterocycles. The zero-order valence-electron chi connectivity index (χ0n) is 10.2. The van der Waals surface area contributed by atoms with E-state index in [9.17, 15) is 14.9 Å². The lowest BCUT2D eigenvalue weighted by atomic mass is 10.1. The van der Waals surface area contributed by atoms with Crippen molar-refractivity contribution in [2.24, 2.45) is 0 Å². The zero-order valence-corrected chi connectivity index (χ0v) is 11.0. The van der Waals surface area contributed by atoms with Crippen molar-refractivity contribution in [2.75, 3.05) is 5.32 Å². The predicted molar refractivity (Wildman–Crippen MR) is 74.7 cm³/mol. The van der Waals surface area contributed by atoms with E-state index < -0.39 is 4.92 Å². The van der Waals surface area contributed by atoms with Crippen molar-refractivity contribution < 1.29 is 9.72 Å². The van der Waals surface area contributed by atoms with E-state index >= 15 is 0 Å². The Morgan fingerprint density at radius 3 is 2.60 bits per heavy atom. The van der Waals surface area contributed by atoms with Crippen LogP contribution >= 0.6 is 11.6 Å². The van der Waals surface area contributed by atoms with E-state index in [0.717, 1.165) is 0 Å². The lowest BCUT2D eigenvalue weighted by molar-refractivity contribution is -0.384. The Hall–Kier alpha value is -2.47. The summed E-state index contributed by atoms with van der Waals surface area (Å²) < 4.78 is 0. The van der Waals surface area contributed by atoms with Crippen molar-refractivity contribution in [1.29, 1.82) is 0 Å². The number of non-ortho nitro benzene ring substituents is 1. The van der Waals surface area contributed by atoms with Crippen LogP contribution in [0.15, 0.2) is 42.6 Å². The van der Waals surface area contributed by atoms with Gasteiger partial charge in [0, 0.05) is 18.3 Å². The Morgan fingerprint density at radius 1 is 1.30 bits per heavy atom. The fraction of sp³-hybridized carbons (Fsp3) is 0.0769. The molecule has 1 aromatic heterocycles. The van der Waals surface area contributed by atoms with Gasteiger partial charge in [-0.1, -0.05) is 23.7 Å². The van der Waals surface area contributed by atoms with E-state index in [1.54, 1.807) is 24.3 Å². The number of nitrogens with one attached hydrogen (secondary N) is 1. The Labute approximate surface area is 119 Å². The Kier molecular flexibility index (Phi) is 4.27. The predicted octanol–water partition coefficient (Wildman–Crippen LogP) is 2.82. The van der Waals surface area contributed by atoms with Crippen molar-refractivity contribution in [3.63, 3.8) is 0 Å². The maximum absolute atomic E-state index is 11.8. The number of nitro benzene ring substituents is 1. The van der Waals surface area contributed by atoms with Crippen LogP contribution in [0.5, 0.6) is 0 Å². The molecule has 0 saturated heterocycles. The summed E-state index contributed by atoms with van der Waals surface area (Å²) in [4.78, 5) is 25.7. The lowest BCUT2D eigenvalue weighted by Crippen LogP contribution is -2.14. The number of anilines is 1. The molecule has 1 aromatic carbocycles. The smallest absolute Gasteiger partial charge is 0.269 e. The number of benzene rings is 1. The van der Waals surface area contributed by atoms with Crippen LogP contribution in [0, 0.1) is 10.1 Å². The molecule has 7 heteroatoms. The van der Waals surface area contributed by atoms with E-state index in [1.165, 1.54) is 18.3 Å². The number of amides is 1. The molecule has 6 nitrogen and oxygen atoms in total. The van der Waals surface area contributed by atoms with Crippen LogP contribution in [0.4, 0.5) is 11.4 Å². The summed E-state index contributed by atoms with van der Waals surface area (Å²) in [6, 6.07) is 9.11. The second kappa shape index (κ2) is 6.12. The topological polar surface area (TPSA) is 85.1 Å². The first-order valence-corrected chi connectivity index (χ1v) is 6.08. The van der Waals surface area contributed by atoms with E-state index in [4.69, 9.17) is 11.6 Å². The van der Waals surface area contributed by atoms with Gasteiger partial charge in [-0.05, 0) is 17.7 Å². The van der Waals surface area contributed by atoms with E-state index in [0.29, 0.717) is 11.3 Å². The second-order valence-corrected chi connectivity index (χ2v) is 4.35. The SMILES string of the molecule is O=C(Cc1ccc([N+](=O)[O-])cc1)Nc1cccnc1Cl. The van der Waals surface area contributed by atoms with Crippen LogP contribution in [0.3, 0.4) is 0 Å². The van der Waals surface area contributed by atoms with Gasteiger partial charge < -0.3 is 5.32 Å². The minimum atomic E-state index is -0.487. The van der Waals surface area contributed by atoms with Crippen molar-refractivity contribution in [3.8, 4) is 0 Å². The summed E-state index contributed by atoms with van der Waals surface area (Å²) >= 11 is 5.83. The number of hydrogen-bond acceptors (Lipinski definition) is 4. The van der Waals surface area contributed by atoms with Gasteiger partial charge in [0.05, 0.1) is 17.0 Å². The molecule has 0 fully saturated rings. The first-order valence-electron chi connectivity index (χ1n) is 5.70. The Balaban J connectivity index is 2.01. The highest BCUT2D eigenvalue weighted by atomic mass is 35.5. The number of carbonyl (C=O) groups is 1. The quantitative estimate of drug-likeness (QED) is 0.533. The van der Waals surface area contributed by atoms with Gasteiger partial charge in [0.25, 0.3) is 5.69 Å². The van der Waals surface area contributed by atoms with Gasteiger partial charge >= 0.3 is 0 Å². The molecular weight excluding hydrogens is 282 g/mol. The van der Waals surface area contributed by atoms with Gasteiger partial charge in [-0.15, -0.1) is 0 Å². The Morgan fingerprint density at radius 2 is 2.00 bits per heavy atom. The average molecular weight is 292 g/mol. The average Bonchev–Trinajstić information content (AvgIpc) is 2.42. The summed E-state index contributed by atoms with van der Waals surface area (Å²) in [5.74, 6) is -0.270. The summed E-state index contributed by atoms with van der Waals surface area (Å²) in [5, 5.41) is 13.4. The van der Waals surface area contributed by atoms with Crippen LogP contribution in [-0.2, 0) is 11.2 Å². The summed E-state index contributed by atoms with van der Waals surface area (Å²) in [6.45, 7) is 0. The molecule has 1 heterocycles. The molecule has 0 atom stereocenters. The normalized spacial score (nSPS) is 10.1. The fourth-order valence-electron chi connectivity index (χ4n) is 1.59. The first-order chi connectivity index (χ1) is 9.56. The summed E-state index contributed by atoms with van der Waals surface area (Å²) in [6.07, 6.45) is 1.62. The minimum absolute atomic E-state index is 0.00976. The molecule has 0 spiro atoms. The molecule has 0 unspecified atom stereocenters. The lowest BCUT2D eigenvalue weighted by Gasteiger charge is -2.06. The molecule has 0 aliphatic rings. The molecule has 0 saturated carbocycles. The van der Waals surface area contributed by atoms with Crippen LogP contribution < -0.4 is 5.32 Å². The number of halogens is 1. The van der Waals surface area contributed by atoms with Crippen molar-refractivity contribution in [2.45, 2.75) is 6.42 Å². The molecule has 0 aliphatic carbocycles. The molecule has 2 rings (SSSR count). The second-order valence-electron chi connectivity index (χ2n) is 3.99. The van der Waals surface area contributed by atoms with E-state index in [1.807, 2.05) is 0 Å². The maximum Gasteiger partial charge on any atom is 0.269 e. The number of aromatic nitrogens is 1. The highest BCUT2D eigenvalue weighted by Crippen LogP contribution is 2.18. The van der Waals surface area contributed by atoms with Crippen LogP contribution in [0.25, 0.3) is 0 Å². The minimum Gasteiger partial charge on any atom is -0.323 e. The monoisotopic (exact) mass is 291 g/mol. The van der Waals surface area contributed by atoms with Crippen LogP contribution in [0.1, 0.15) is 5.56 Å². The standard InChI is InChI=1S/C13H10ClN3O3/c14-13-11(2-1-7-15-13)16-12(18)8-9-3-5-10(6-4-9)17(19)20/h1-7H,8H2,(H,16,18). The van der Waals surface area contributed by atoms with Crippen LogP contribution in [0.2, 0.25) is 5.15 Å². The third-order valence-corrected chi connectivity index (χ3v) is 2.85. The number of nitro groups is 1. The van der Waals surface area contributed by atoms with Gasteiger partial charge in [-0.25, -0.2) is 4.98 Å². The third kappa shape index (κ3) is 3.52. The molecule has 1 N–H and O–H groups in total. The van der Waals surface area contributed by atoms with Crippen LogP contribution in [-0.4, -0.2) is 15.8 Å². The largest absolute Gasteiger partial charge is 0.323 e. The number of carbonyl (C=O) groups excluding carboxylic acids is 1. The van der Waals surface area contributed by atoms with Crippen molar-refractivity contribution >= 4 is 28.9 Å². The van der Waals surface area contributed by atoms with Gasteiger partial charge in [0.15, 0.2) is 5.15 Å². The summed E-state index contributed by atoms with van der Waals surface area (Å²) in [5.41, 5.74) is 1.10. The highest BCUT2D eigenvalue weighted by Gasteiger charge is 2.09. The van der Waals surface area contributed by atoms with E-state index in [-0.39, 0.29) is 23.2 Å². The molecule has 0 bridgehead atoms. The van der Waals surface area contributed by atoms with Gasteiger partial charge in [-0.3, -0.25) is 14.9 Å². The van der Waals surface area contributed by atoms with Gasteiger partial charge in [0.1, 0.15) is 0 Å². The number of nitrogens with zero attached hydrogens (tertiary/aromatic N) is 2. The molecule has 2 aromatic rings. The zero-order chi connectivity index (χ0) is 14.5. The summed E-state index contributed by atoms with van der Waals surface area (Å²) in [7, 11) is 0. The van der Waals surface area contributed by atoms with Crippen molar-refractivity contribution in [1.82, 2.24) is 4.98 Å². The Bertz CT molecular complexity index is 644. The molecule has 102 valence electrons. The van der Waals surface area contributed by atoms with Gasteiger partial charge in [0.2, 0.25) is 5.91 Å². The number of rotatable bonds is 4. The third-order valence-electron chi connectivity index (χ3n) is 2.55. The van der Waals surface area contributed by atoms with Gasteiger partial charge in [-0.2, -0.15) is 0 Å². The maximum atomic E-state index is 11.8. The fourth-order valence-corrected chi connectivity index (χ4v) is 1.76. The molecule has 1 amide bonds. The molecule has 0 radical (unpaired) electrons. The highest BCUT2D eigenvalue weighted by molar-refractivity contribution is 6.32.